The molecule has 0 atom stereocenters. The highest BCUT2D eigenvalue weighted by molar-refractivity contribution is 7.89. The normalized spacial score (nSPS) is 11.6. The van der Waals surface area contributed by atoms with Gasteiger partial charge in [0.1, 0.15) is 0 Å². The Kier molecular flexibility index (Phi) is 7.57. The second kappa shape index (κ2) is 8.96. The van der Waals surface area contributed by atoms with E-state index >= 15 is 0 Å². The zero-order valence-corrected chi connectivity index (χ0v) is 16.0. The minimum absolute atomic E-state index is 0.0209. The Labute approximate surface area is 149 Å². The molecule has 7 nitrogen and oxygen atoms in total. The van der Waals surface area contributed by atoms with Gasteiger partial charge in [-0.15, -0.1) is 0 Å². The van der Waals surface area contributed by atoms with Crippen LogP contribution in [0, 0.1) is 6.92 Å². The number of rotatable bonds is 9. The predicted molar refractivity (Wildman–Crippen MR) is 95.1 cm³/mol. The molecule has 0 aliphatic rings. The number of hydrogen-bond donors (Lipinski definition) is 1. The second-order valence-electron chi connectivity index (χ2n) is 5.79. The summed E-state index contributed by atoms with van der Waals surface area (Å²) in [4.78, 5) is 24.7. The van der Waals surface area contributed by atoms with E-state index in [1.807, 2.05) is 0 Å². The molecule has 140 valence electrons. The lowest BCUT2D eigenvalue weighted by Crippen LogP contribution is -2.32. The van der Waals surface area contributed by atoms with Crippen LogP contribution in [0.1, 0.15) is 42.6 Å². The average Bonchev–Trinajstić information content (AvgIpc) is 2.54. The van der Waals surface area contributed by atoms with Gasteiger partial charge in [-0.05, 0) is 31.0 Å². The largest absolute Gasteiger partial charge is 0.481 e. The maximum atomic E-state index is 12.6. The molecule has 0 heterocycles. The molecule has 0 unspecified atom stereocenters. The molecule has 0 aliphatic carbocycles. The van der Waals surface area contributed by atoms with Crippen molar-refractivity contribution in [3.63, 3.8) is 0 Å². The first-order chi connectivity index (χ1) is 11.6. The Morgan fingerprint density at radius 1 is 1.16 bits per heavy atom. The van der Waals surface area contributed by atoms with Gasteiger partial charge in [0, 0.05) is 38.7 Å². The van der Waals surface area contributed by atoms with Gasteiger partial charge < -0.3 is 10.0 Å². The third-order valence-corrected chi connectivity index (χ3v) is 6.06. The summed E-state index contributed by atoms with van der Waals surface area (Å²) in [5.74, 6) is -1.23. The van der Waals surface area contributed by atoms with E-state index < -0.39 is 16.0 Å². The zero-order valence-electron chi connectivity index (χ0n) is 15.2. The van der Waals surface area contributed by atoms with Gasteiger partial charge in [-0.2, -0.15) is 4.31 Å². The fraction of sp³-hybridized carbons (Fsp3) is 0.529. The monoisotopic (exact) mass is 370 g/mol. The lowest BCUT2D eigenvalue weighted by Gasteiger charge is -2.21. The van der Waals surface area contributed by atoms with E-state index in [4.69, 9.17) is 5.11 Å². The molecule has 0 bridgehead atoms. The van der Waals surface area contributed by atoms with E-state index in [9.17, 15) is 18.0 Å². The average molecular weight is 370 g/mol. The van der Waals surface area contributed by atoms with Gasteiger partial charge in [-0.25, -0.2) is 8.42 Å². The summed E-state index contributed by atoms with van der Waals surface area (Å²) in [5, 5.41) is 8.68. The van der Waals surface area contributed by atoms with Crippen LogP contribution in [0.4, 0.5) is 0 Å². The van der Waals surface area contributed by atoms with Crippen LogP contribution in [-0.2, 0) is 14.8 Å². The number of benzene rings is 1. The van der Waals surface area contributed by atoms with Crippen LogP contribution >= 0.6 is 0 Å². The van der Waals surface area contributed by atoms with E-state index in [1.54, 1.807) is 33.9 Å². The highest BCUT2D eigenvalue weighted by atomic mass is 32.2. The summed E-state index contributed by atoms with van der Waals surface area (Å²) in [6.07, 6.45) is 0.320. The third kappa shape index (κ3) is 5.27. The lowest BCUT2D eigenvalue weighted by molar-refractivity contribution is -0.137. The van der Waals surface area contributed by atoms with Gasteiger partial charge in [0.05, 0.1) is 4.90 Å². The van der Waals surface area contributed by atoms with Crippen molar-refractivity contribution >= 4 is 21.9 Å². The maximum absolute atomic E-state index is 12.6. The Bertz CT molecular complexity index is 727. The van der Waals surface area contributed by atoms with E-state index in [1.165, 1.54) is 21.3 Å². The number of hydrogen-bond acceptors (Lipinski definition) is 4. The summed E-state index contributed by atoms with van der Waals surface area (Å²) in [6.45, 7) is 6.26. The Hall–Kier alpha value is -1.93. The first kappa shape index (κ1) is 21.1. The number of carboxylic acids is 1. The van der Waals surface area contributed by atoms with Crippen LogP contribution in [0.25, 0.3) is 0 Å². The minimum Gasteiger partial charge on any atom is -0.481 e. The van der Waals surface area contributed by atoms with Crippen LogP contribution in [0.2, 0.25) is 0 Å². The molecular weight excluding hydrogens is 344 g/mol. The number of amides is 1. The van der Waals surface area contributed by atoms with Gasteiger partial charge in [0.2, 0.25) is 10.0 Å². The quantitative estimate of drug-likeness (QED) is 0.717. The van der Waals surface area contributed by atoms with Crippen molar-refractivity contribution in [3.05, 3.63) is 29.3 Å². The van der Waals surface area contributed by atoms with E-state index in [2.05, 4.69) is 0 Å². The molecule has 0 aromatic heterocycles. The number of nitrogens with zero attached hydrogens (tertiary/aromatic N) is 2. The molecule has 8 heteroatoms. The van der Waals surface area contributed by atoms with Crippen molar-refractivity contribution in [1.82, 2.24) is 9.21 Å². The predicted octanol–water partition coefficient (Wildman–Crippen LogP) is 1.96. The third-order valence-electron chi connectivity index (χ3n) is 4.01. The van der Waals surface area contributed by atoms with Gasteiger partial charge in [0.15, 0.2) is 0 Å². The SMILES string of the molecule is CCN(CC)S(=O)(=O)c1ccc(C)c(C(=O)N(C)CCCC(=O)O)c1. The first-order valence-electron chi connectivity index (χ1n) is 8.23. The molecule has 0 aliphatic heterocycles. The molecule has 0 saturated heterocycles. The fourth-order valence-corrected chi connectivity index (χ4v) is 3.96. The van der Waals surface area contributed by atoms with Crippen molar-refractivity contribution in [3.8, 4) is 0 Å². The smallest absolute Gasteiger partial charge is 0.303 e. The van der Waals surface area contributed by atoms with Crippen molar-refractivity contribution in [1.29, 1.82) is 0 Å². The van der Waals surface area contributed by atoms with Crippen molar-refractivity contribution in [2.75, 3.05) is 26.7 Å². The van der Waals surface area contributed by atoms with Gasteiger partial charge in [0.25, 0.3) is 5.91 Å². The molecular formula is C17H26N2O5S. The van der Waals surface area contributed by atoms with Crippen molar-refractivity contribution in [2.24, 2.45) is 0 Å². The van der Waals surface area contributed by atoms with Crippen LogP contribution in [0.3, 0.4) is 0 Å². The number of carboxylic acid groups (broad SMARTS) is 1. The minimum atomic E-state index is -3.64. The van der Waals surface area contributed by atoms with Crippen LogP contribution in [-0.4, -0.2) is 61.3 Å². The highest BCUT2D eigenvalue weighted by Crippen LogP contribution is 2.20. The summed E-state index contributed by atoms with van der Waals surface area (Å²) < 4.78 is 26.6. The fourth-order valence-electron chi connectivity index (χ4n) is 2.48. The molecule has 1 aromatic rings. The molecule has 25 heavy (non-hydrogen) atoms. The van der Waals surface area contributed by atoms with Crippen LogP contribution in [0.5, 0.6) is 0 Å². The molecule has 0 fully saturated rings. The van der Waals surface area contributed by atoms with Crippen LogP contribution in [0.15, 0.2) is 23.1 Å². The van der Waals surface area contributed by atoms with E-state index in [-0.39, 0.29) is 23.8 Å². The summed E-state index contributed by atoms with van der Waals surface area (Å²) >= 11 is 0. The molecule has 1 amide bonds. The first-order valence-corrected chi connectivity index (χ1v) is 9.67. The summed E-state index contributed by atoms with van der Waals surface area (Å²) in [7, 11) is -2.06. The van der Waals surface area contributed by atoms with Crippen molar-refractivity contribution in [2.45, 2.75) is 38.5 Å². The Morgan fingerprint density at radius 2 is 1.76 bits per heavy atom. The summed E-state index contributed by atoms with van der Waals surface area (Å²) in [5.41, 5.74) is 0.986. The zero-order chi connectivity index (χ0) is 19.2. The molecule has 1 N–H and O–H groups in total. The second-order valence-corrected chi connectivity index (χ2v) is 7.73. The van der Waals surface area contributed by atoms with Gasteiger partial charge in [-0.3, -0.25) is 9.59 Å². The Balaban J connectivity index is 3.09. The Morgan fingerprint density at radius 3 is 2.28 bits per heavy atom. The number of aryl methyl sites for hydroxylation is 1. The number of carbonyl (C=O) groups excluding carboxylic acids is 1. The van der Waals surface area contributed by atoms with Gasteiger partial charge >= 0.3 is 5.97 Å². The molecule has 1 rings (SSSR count). The topological polar surface area (TPSA) is 95.0 Å². The van der Waals surface area contributed by atoms with E-state index in [0.717, 1.165) is 0 Å². The molecule has 1 aromatic carbocycles. The lowest BCUT2D eigenvalue weighted by atomic mass is 10.1. The molecule has 0 radical (unpaired) electrons. The standard InChI is InChI=1S/C17H26N2O5S/c1-5-19(6-2)25(23,24)14-10-9-13(3)15(12-14)17(22)18(4)11-7-8-16(20)21/h9-10,12H,5-8,11H2,1-4H3,(H,20,21). The molecule has 0 spiro atoms. The van der Waals surface area contributed by atoms with E-state index in [0.29, 0.717) is 30.6 Å². The highest BCUT2D eigenvalue weighted by Gasteiger charge is 2.24. The van der Waals surface area contributed by atoms with Crippen LogP contribution < -0.4 is 0 Å². The van der Waals surface area contributed by atoms with Gasteiger partial charge in [-0.1, -0.05) is 19.9 Å². The number of sulfonamides is 1. The summed E-state index contributed by atoms with van der Waals surface area (Å²) in [6, 6.07) is 4.53. The number of carbonyl (C=O) groups is 2. The molecule has 0 saturated carbocycles. The van der Waals surface area contributed by atoms with Crippen molar-refractivity contribution < 1.29 is 23.1 Å². The number of aliphatic carboxylic acids is 1. The maximum Gasteiger partial charge on any atom is 0.303 e.